The summed E-state index contributed by atoms with van der Waals surface area (Å²) in [5.74, 6) is 1.37. The Kier molecular flexibility index (Phi) is 2.90. The molecule has 6 nitrogen and oxygen atoms in total. The molecule has 0 saturated heterocycles. The van der Waals surface area contributed by atoms with Gasteiger partial charge in [0.2, 0.25) is 0 Å². The Hall–Kier alpha value is -2.24. The molecule has 0 spiro atoms. The first-order valence-electron chi connectivity index (χ1n) is 4.55. The Bertz CT molecular complexity index is 476. The van der Waals surface area contributed by atoms with Gasteiger partial charge in [0, 0.05) is 12.4 Å². The van der Waals surface area contributed by atoms with Crippen molar-refractivity contribution in [3.05, 3.63) is 24.9 Å². The van der Waals surface area contributed by atoms with Gasteiger partial charge >= 0.3 is 0 Å². The zero-order valence-electron chi connectivity index (χ0n) is 8.91. The normalized spacial score (nSPS) is 9.88. The van der Waals surface area contributed by atoms with Gasteiger partial charge in [0.1, 0.15) is 6.33 Å². The van der Waals surface area contributed by atoms with Crippen molar-refractivity contribution in [2.24, 2.45) is 0 Å². The maximum Gasteiger partial charge on any atom is 0.260 e. The number of rotatable bonds is 3. The lowest BCUT2D eigenvalue weighted by Gasteiger charge is -2.06. The van der Waals surface area contributed by atoms with Crippen molar-refractivity contribution < 1.29 is 9.47 Å². The van der Waals surface area contributed by atoms with Crippen LogP contribution in [0.2, 0.25) is 0 Å². The van der Waals surface area contributed by atoms with E-state index in [0.717, 1.165) is 5.56 Å². The molecule has 0 radical (unpaired) electrons. The minimum absolute atomic E-state index is 0.386. The second-order valence-corrected chi connectivity index (χ2v) is 2.90. The molecule has 0 bridgehead atoms. The fourth-order valence-electron chi connectivity index (χ4n) is 1.20. The van der Waals surface area contributed by atoms with E-state index < -0.39 is 0 Å². The molecule has 0 aromatic carbocycles. The number of hydrogen-bond donors (Lipinski definition) is 0. The molecule has 0 aliphatic carbocycles. The summed E-state index contributed by atoms with van der Waals surface area (Å²) < 4.78 is 10.1. The van der Waals surface area contributed by atoms with Crippen molar-refractivity contribution in [3.8, 4) is 23.0 Å². The highest BCUT2D eigenvalue weighted by Gasteiger charge is 2.09. The van der Waals surface area contributed by atoms with Crippen LogP contribution in [-0.4, -0.2) is 34.2 Å². The van der Waals surface area contributed by atoms with Crippen LogP contribution in [-0.2, 0) is 0 Å². The highest BCUT2D eigenvalue weighted by Crippen LogP contribution is 2.25. The molecule has 16 heavy (non-hydrogen) atoms. The van der Waals surface area contributed by atoms with E-state index in [1.54, 1.807) is 18.6 Å². The lowest BCUT2D eigenvalue weighted by Crippen LogP contribution is -1.97. The number of nitrogens with zero attached hydrogens (tertiary/aromatic N) is 4. The molecule has 2 rings (SSSR count). The average Bonchev–Trinajstić information content (AvgIpc) is 2.39. The van der Waals surface area contributed by atoms with E-state index in [9.17, 15) is 0 Å². The molecule has 82 valence electrons. The van der Waals surface area contributed by atoms with E-state index in [-0.39, 0.29) is 0 Å². The molecule has 0 aliphatic heterocycles. The van der Waals surface area contributed by atoms with E-state index in [4.69, 9.17) is 9.47 Å². The van der Waals surface area contributed by atoms with E-state index in [0.29, 0.717) is 17.5 Å². The lowest BCUT2D eigenvalue weighted by atomic mass is 10.3. The molecule has 6 heteroatoms. The minimum atomic E-state index is 0.386. The van der Waals surface area contributed by atoms with Crippen molar-refractivity contribution in [2.75, 3.05) is 14.2 Å². The second kappa shape index (κ2) is 4.52. The Balaban J connectivity index is 2.44. The second-order valence-electron chi connectivity index (χ2n) is 2.90. The molecule has 0 aliphatic rings. The number of aromatic nitrogens is 4. The largest absolute Gasteiger partial charge is 0.490 e. The first-order chi connectivity index (χ1) is 7.85. The molecule has 0 fully saturated rings. The standard InChI is InChI=1S/C10H10N4O2/c1-15-8-5-13-9(14-10(8)16-2)7-3-11-6-12-4-7/h3-6H,1-2H3. The van der Waals surface area contributed by atoms with Crippen molar-refractivity contribution in [1.29, 1.82) is 0 Å². The third-order valence-electron chi connectivity index (χ3n) is 1.95. The molecule has 0 amide bonds. The van der Waals surface area contributed by atoms with Crippen molar-refractivity contribution >= 4 is 0 Å². The van der Waals surface area contributed by atoms with Gasteiger partial charge in [0.25, 0.3) is 5.88 Å². The summed E-state index contributed by atoms with van der Waals surface area (Å²) in [6.45, 7) is 0. The maximum absolute atomic E-state index is 5.08. The fourth-order valence-corrected chi connectivity index (χ4v) is 1.20. The van der Waals surface area contributed by atoms with Gasteiger partial charge in [-0.2, -0.15) is 4.98 Å². The monoisotopic (exact) mass is 218 g/mol. The summed E-state index contributed by atoms with van der Waals surface area (Å²) in [6, 6.07) is 0. The van der Waals surface area contributed by atoms with Gasteiger partial charge in [-0.3, -0.25) is 0 Å². The molecule has 0 N–H and O–H groups in total. The van der Waals surface area contributed by atoms with Gasteiger partial charge in [0.15, 0.2) is 11.6 Å². The van der Waals surface area contributed by atoms with Gasteiger partial charge in [-0.1, -0.05) is 0 Å². The summed E-state index contributed by atoms with van der Waals surface area (Å²) in [7, 11) is 3.06. The Labute approximate surface area is 92.3 Å². The predicted molar refractivity (Wildman–Crippen MR) is 56.2 cm³/mol. The smallest absolute Gasteiger partial charge is 0.260 e. The SMILES string of the molecule is COc1cnc(-c2cncnc2)nc1OC. The van der Waals surface area contributed by atoms with Gasteiger partial charge < -0.3 is 9.47 Å². The molecule has 2 aromatic rings. The van der Waals surface area contributed by atoms with E-state index in [1.165, 1.54) is 20.5 Å². The van der Waals surface area contributed by atoms with Crippen LogP contribution in [0.15, 0.2) is 24.9 Å². The Morgan fingerprint density at radius 2 is 1.75 bits per heavy atom. The van der Waals surface area contributed by atoms with Crippen LogP contribution >= 0.6 is 0 Å². The van der Waals surface area contributed by atoms with E-state index >= 15 is 0 Å². The quantitative estimate of drug-likeness (QED) is 0.763. The van der Waals surface area contributed by atoms with Crippen LogP contribution in [0.4, 0.5) is 0 Å². The minimum Gasteiger partial charge on any atom is -0.490 e. The number of ether oxygens (including phenoxy) is 2. The summed E-state index contributed by atoms with van der Waals surface area (Å²) in [6.07, 6.45) is 6.26. The van der Waals surface area contributed by atoms with Crippen molar-refractivity contribution in [3.63, 3.8) is 0 Å². The van der Waals surface area contributed by atoms with Crippen LogP contribution in [0.1, 0.15) is 0 Å². The molecular formula is C10H10N4O2. The summed E-state index contributed by atoms with van der Waals surface area (Å²) >= 11 is 0. The summed E-state index contributed by atoms with van der Waals surface area (Å²) in [4.78, 5) is 16.1. The highest BCUT2D eigenvalue weighted by atomic mass is 16.5. The lowest BCUT2D eigenvalue weighted by molar-refractivity contribution is 0.341. The first-order valence-corrected chi connectivity index (χ1v) is 4.55. The van der Waals surface area contributed by atoms with Gasteiger partial charge in [-0.15, -0.1) is 0 Å². The third-order valence-corrected chi connectivity index (χ3v) is 1.95. The number of hydrogen-bond acceptors (Lipinski definition) is 6. The Morgan fingerprint density at radius 3 is 2.38 bits per heavy atom. The van der Waals surface area contributed by atoms with E-state index in [2.05, 4.69) is 19.9 Å². The van der Waals surface area contributed by atoms with Gasteiger partial charge in [-0.05, 0) is 0 Å². The summed E-state index contributed by atoms with van der Waals surface area (Å²) in [5, 5.41) is 0. The average molecular weight is 218 g/mol. The topological polar surface area (TPSA) is 70.0 Å². The van der Waals surface area contributed by atoms with Crippen LogP contribution in [0.5, 0.6) is 11.6 Å². The highest BCUT2D eigenvalue weighted by molar-refractivity contribution is 5.53. The van der Waals surface area contributed by atoms with Gasteiger partial charge in [0.05, 0.1) is 26.0 Å². The zero-order valence-corrected chi connectivity index (χ0v) is 8.91. The molecule has 0 saturated carbocycles. The number of methoxy groups -OCH3 is 2. The van der Waals surface area contributed by atoms with Gasteiger partial charge in [-0.25, -0.2) is 15.0 Å². The summed E-state index contributed by atoms with van der Waals surface area (Å²) in [5.41, 5.74) is 0.725. The van der Waals surface area contributed by atoms with E-state index in [1.807, 2.05) is 0 Å². The van der Waals surface area contributed by atoms with Crippen LogP contribution in [0.3, 0.4) is 0 Å². The molecule has 0 atom stereocenters. The zero-order chi connectivity index (χ0) is 11.4. The van der Waals surface area contributed by atoms with Crippen LogP contribution in [0.25, 0.3) is 11.4 Å². The Morgan fingerprint density at radius 1 is 1.00 bits per heavy atom. The van der Waals surface area contributed by atoms with Crippen molar-refractivity contribution in [2.45, 2.75) is 0 Å². The fraction of sp³-hybridized carbons (Fsp3) is 0.200. The van der Waals surface area contributed by atoms with Crippen LogP contribution in [0, 0.1) is 0 Å². The molecular weight excluding hydrogens is 208 g/mol. The molecule has 2 heterocycles. The molecule has 2 aromatic heterocycles. The molecule has 0 unspecified atom stereocenters. The predicted octanol–water partition coefficient (Wildman–Crippen LogP) is 0.951. The van der Waals surface area contributed by atoms with Crippen LogP contribution < -0.4 is 9.47 Å². The first kappa shape index (κ1) is 10.3. The van der Waals surface area contributed by atoms with Crippen molar-refractivity contribution in [1.82, 2.24) is 19.9 Å². The maximum atomic E-state index is 5.08. The third kappa shape index (κ3) is 1.90.